The quantitative estimate of drug-likeness (QED) is 0.583. The van der Waals surface area contributed by atoms with Gasteiger partial charge >= 0.3 is 0 Å². The molecule has 0 saturated heterocycles. The number of hydrogen-bond acceptors (Lipinski definition) is 2. The molecule has 0 N–H and O–H groups in total. The molecule has 0 radical (unpaired) electrons. The molecule has 110 valence electrons. The average Bonchev–Trinajstić information content (AvgIpc) is 2.51. The van der Waals surface area contributed by atoms with Crippen molar-refractivity contribution in [2.24, 2.45) is 11.8 Å². The number of hydrogen-bond donors (Lipinski definition) is 0. The van der Waals surface area contributed by atoms with Crippen molar-refractivity contribution >= 4 is 23.5 Å². The summed E-state index contributed by atoms with van der Waals surface area (Å²) in [7, 11) is 0. The fourth-order valence-electron chi connectivity index (χ4n) is 3.55. The third-order valence-corrected chi connectivity index (χ3v) is 7.39. The Labute approximate surface area is 128 Å². The molecule has 1 aliphatic carbocycles. The molecule has 2 unspecified atom stereocenters. The van der Waals surface area contributed by atoms with Gasteiger partial charge in [0.15, 0.2) is 0 Å². The maximum Gasteiger partial charge on any atom is 0.00716 e. The highest BCUT2D eigenvalue weighted by atomic mass is 32.2. The van der Waals surface area contributed by atoms with E-state index in [2.05, 4.69) is 37.4 Å². The van der Waals surface area contributed by atoms with Gasteiger partial charge in [0, 0.05) is 11.5 Å². The molecule has 0 amide bonds. The predicted octanol–water partition coefficient (Wildman–Crippen LogP) is 6.47. The van der Waals surface area contributed by atoms with Crippen LogP contribution >= 0.6 is 23.5 Å². The summed E-state index contributed by atoms with van der Waals surface area (Å²) in [5.41, 5.74) is 0. The average molecular weight is 299 g/mol. The minimum Gasteiger partial charge on any atom is -0.129 e. The Bertz CT molecular complexity index is 268. The SMILES string of the molecule is CCCC1CCCCCC(CCC)C2=C1SCCS2. The molecular weight excluding hydrogens is 268 g/mol. The van der Waals surface area contributed by atoms with E-state index in [1.54, 1.807) is 0 Å². The highest BCUT2D eigenvalue weighted by Gasteiger charge is 2.27. The summed E-state index contributed by atoms with van der Waals surface area (Å²) in [5, 5.41) is 0. The van der Waals surface area contributed by atoms with Gasteiger partial charge in [-0.2, -0.15) is 0 Å². The van der Waals surface area contributed by atoms with Crippen molar-refractivity contribution in [3.8, 4) is 0 Å². The smallest absolute Gasteiger partial charge is 0.00716 e. The van der Waals surface area contributed by atoms with Gasteiger partial charge in [0.05, 0.1) is 0 Å². The van der Waals surface area contributed by atoms with Crippen LogP contribution in [0.5, 0.6) is 0 Å². The minimum atomic E-state index is 0.898. The van der Waals surface area contributed by atoms with E-state index < -0.39 is 0 Å². The van der Waals surface area contributed by atoms with Gasteiger partial charge in [-0.25, -0.2) is 0 Å². The maximum absolute atomic E-state index is 2.36. The minimum absolute atomic E-state index is 0.898. The van der Waals surface area contributed by atoms with Gasteiger partial charge in [-0.15, -0.1) is 23.5 Å². The van der Waals surface area contributed by atoms with E-state index in [9.17, 15) is 0 Å². The lowest BCUT2D eigenvalue weighted by molar-refractivity contribution is 0.480. The summed E-state index contributed by atoms with van der Waals surface area (Å²) < 4.78 is 0. The highest BCUT2D eigenvalue weighted by molar-refractivity contribution is 8.10. The van der Waals surface area contributed by atoms with Crippen molar-refractivity contribution in [2.45, 2.75) is 71.6 Å². The number of allylic oxidation sites excluding steroid dienone is 2. The van der Waals surface area contributed by atoms with Crippen molar-refractivity contribution in [3.63, 3.8) is 0 Å². The molecule has 2 aliphatic rings. The Hall–Kier alpha value is 0.440. The molecular formula is C17H30S2. The standard InChI is InChI=1S/C17H30S2/c1-3-8-14-10-6-5-7-11-15(9-4-2)17-16(14)18-12-13-19-17/h14-15H,3-13H2,1-2H3. The molecule has 0 bridgehead atoms. The molecule has 2 rings (SSSR count). The molecule has 0 saturated carbocycles. The first-order chi connectivity index (χ1) is 9.36. The summed E-state index contributed by atoms with van der Waals surface area (Å²) in [5.74, 6) is 4.50. The topological polar surface area (TPSA) is 0 Å². The Morgan fingerprint density at radius 3 is 1.68 bits per heavy atom. The zero-order valence-electron chi connectivity index (χ0n) is 12.7. The number of thioether (sulfide) groups is 2. The van der Waals surface area contributed by atoms with Crippen LogP contribution in [0.3, 0.4) is 0 Å². The molecule has 2 atom stereocenters. The number of rotatable bonds is 4. The van der Waals surface area contributed by atoms with Gasteiger partial charge in [-0.1, -0.05) is 46.0 Å². The van der Waals surface area contributed by atoms with E-state index in [4.69, 9.17) is 0 Å². The van der Waals surface area contributed by atoms with Crippen LogP contribution in [0.4, 0.5) is 0 Å². The molecule has 0 spiro atoms. The van der Waals surface area contributed by atoms with E-state index in [0.717, 1.165) is 11.8 Å². The zero-order chi connectivity index (χ0) is 13.5. The van der Waals surface area contributed by atoms with E-state index in [1.807, 2.05) is 9.81 Å². The molecule has 0 nitrogen and oxygen atoms in total. The van der Waals surface area contributed by atoms with Gasteiger partial charge in [-0.3, -0.25) is 0 Å². The lowest BCUT2D eigenvalue weighted by Crippen LogP contribution is -2.13. The Morgan fingerprint density at radius 2 is 1.26 bits per heavy atom. The summed E-state index contributed by atoms with van der Waals surface area (Å²) in [6.07, 6.45) is 12.9. The van der Waals surface area contributed by atoms with Crippen LogP contribution in [-0.4, -0.2) is 11.5 Å². The Balaban J connectivity index is 2.24. The van der Waals surface area contributed by atoms with Gasteiger partial charge in [0.1, 0.15) is 0 Å². The second kappa shape index (κ2) is 8.67. The Kier molecular flexibility index (Phi) is 7.22. The van der Waals surface area contributed by atoms with Gasteiger partial charge in [-0.05, 0) is 47.3 Å². The van der Waals surface area contributed by atoms with Crippen molar-refractivity contribution in [2.75, 3.05) is 11.5 Å². The molecule has 1 aliphatic heterocycles. The van der Waals surface area contributed by atoms with Crippen LogP contribution in [0.2, 0.25) is 0 Å². The van der Waals surface area contributed by atoms with Crippen molar-refractivity contribution in [3.05, 3.63) is 9.81 Å². The molecule has 0 aromatic rings. The Morgan fingerprint density at radius 1 is 0.789 bits per heavy atom. The van der Waals surface area contributed by atoms with Crippen LogP contribution in [-0.2, 0) is 0 Å². The van der Waals surface area contributed by atoms with E-state index in [-0.39, 0.29) is 0 Å². The highest BCUT2D eigenvalue weighted by Crippen LogP contribution is 2.47. The van der Waals surface area contributed by atoms with Crippen molar-refractivity contribution < 1.29 is 0 Å². The fraction of sp³-hybridized carbons (Fsp3) is 0.882. The van der Waals surface area contributed by atoms with Crippen LogP contribution in [0.15, 0.2) is 9.81 Å². The molecule has 19 heavy (non-hydrogen) atoms. The van der Waals surface area contributed by atoms with Crippen LogP contribution in [0, 0.1) is 11.8 Å². The normalized spacial score (nSPS) is 29.4. The maximum atomic E-state index is 2.36. The van der Waals surface area contributed by atoms with Crippen LogP contribution in [0.1, 0.15) is 71.6 Å². The monoisotopic (exact) mass is 298 g/mol. The van der Waals surface area contributed by atoms with Gasteiger partial charge < -0.3 is 0 Å². The molecule has 0 aromatic carbocycles. The first kappa shape index (κ1) is 15.8. The lowest BCUT2D eigenvalue weighted by Gasteiger charge is -2.30. The fourth-order valence-corrected chi connectivity index (χ4v) is 6.57. The summed E-state index contributed by atoms with van der Waals surface area (Å²) >= 11 is 4.43. The van der Waals surface area contributed by atoms with E-state index >= 15 is 0 Å². The largest absolute Gasteiger partial charge is 0.129 e. The summed E-state index contributed by atoms with van der Waals surface area (Å²) in [6, 6.07) is 0. The third-order valence-electron chi connectivity index (χ3n) is 4.46. The summed E-state index contributed by atoms with van der Waals surface area (Å²) in [4.78, 5) is 3.66. The predicted molar refractivity (Wildman–Crippen MR) is 91.8 cm³/mol. The van der Waals surface area contributed by atoms with Crippen molar-refractivity contribution in [1.29, 1.82) is 0 Å². The second-order valence-corrected chi connectivity index (χ2v) is 8.31. The molecule has 1 heterocycles. The van der Waals surface area contributed by atoms with Crippen LogP contribution in [0.25, 0.3) is 0 Å². The second-order valence-electron chi connectivity index (χ2n) is 6.03. The van der Waals surface area contributed by atoms with Crippen molar-refractivity contribution in [1.82, 2.24) is 0 Å². The summed E-state index contributed by atoms with van der Waals surface area (Å²) in [6.45, 7) is 4.72. The van der Waals surface area contributed by atoms with Crippen LogP contribution < -0.4 is 0 Å². The molecule has 2 heteroatoms. The van der Waals surface area contributed by atoms with E-state index in [0.29, 0.717) is 0 Å². The zero-order valence-corrected chi connectivity index (χ0v) is 14.4. The first-order valence-corrected chi connectivity index (χ1v) is 10.3. The third kappa shape index (κ3) is 4.46. The van der Waals surface area contributed by atoms with Gasteiger partial charge in [0.2, 0.25) is 0 Å². The van der Waals surface area contributed by atoms with E-state index in [1.165, 1.54) is 69.3 Å². The van der Waals surface area contributed by atoms with Gasteiger partial charge in [0.25, 0.3) is 0 Å². The molecule has 0 fully saturated rings. The molecule has 0 aromatic heterocycles. The lowest BCUT2D eigenvalue weighted by atomic mass is 9.94. The first-order valence-electron chi connectivity index (χ1n) is 8.36.